The second kappa shape index (κ2) is 13.7. The van der Waals surface area contributed by atoms with Crippen molar-refractivity contribution in [2.45, 2.75) is 0 Å². The quantitative estimate of drug-likeness (QED) is 0.170. The number of aromatic nitrogens is 4. The van der Waals surface area contributed by atoms with Crippen molar-refractivity contribution < 1.29 is 0 Å². The van der Waals surface area contributed by atoms with Gasteiger partial charge < -0.3 is 0 Å². The van der Waals surface area contributed by atoms with E-state index >= 15 is 0 Å². The average molecular weight is 665 g/mol. The van der Waals surface area contributed by atoms with Gasteiger partial charge in [-0.3, -0.25) is 9.97 Å². The van der Waals surface area contributed by atoms with E-state index in [1.165, 1.54) is 0 Å². The van der Waals surface area contributed by atoms with Gasteiger partial charge in [0.25, 0.3) is 0 Å². The Morgan fingerprint density at radius 2 is 0.788 bits per heavy atom. The molecule has 0 bridgehead atoms. The summed E-state index contributed by atoms with van der Waals surface area (Å²) in [4.78, 5) is 19.0. The lowest BCUT2D eigenvalue weighted by Gasteiger charge is -2.14. The first-order valence-electron chi connectivity index (χ1n) is 17.3. The highest BCUT2D eigenvalue weighted by molar-refractivity contribution is 5.96. The maximum Gasteiger partial charge on any atom is 0.160 e. The van der Waals surface area contributed by atoms with E-state index in [1.54, 1.807) is 6.20 Å². The van der Waals surface area contributed by atoms with Crippen LogP contribution in [0.15, 0.2) is 195 Å². The predicted octanol–water partition coefficient (Wildman–Crippen LogP) is 12.1. The Bertz CT molecular complexity index is 2520. The van der Waals surface area contributed by atoms with Crippen LogP contribution in [0.4, 0.5) is 0 Å². The average Bonchev–Trinajstić information content (AvgIpc) is 3.24. The van der Waals surface area contributed by atoms with Gasteiger partial charge in [-0.25, -0.2) is 9.97 Å². The minimum atomic E-state index is 0.683. The second-order valence-electron chi connectivity index (χ2n) is 12.8. The number of hydrogen-bond donors (Lipinski definition) is 0. The van der Waals surface area contributed by atoms with Crippen LogP contribution in [0, 0.1) is 0 Å². The number of nitrogens with zero attached hydrogens (tertiary/aromatic N) is 4. The number of fused-ring (bicyclic) bond motifs is 1. The SMILES string of the molecule is c1ccc(-c2ccc3nc(-c4cc(-c5ccc(-c6ccncc6)cc5)cc(-c5ccc(-c6cccnc6)cc5)c4)nc(-c4ccccc4)c3c2)cc1. The Morgan fingerprint density at radius 3 is 1.40 bits per heavy atom. The van der Waals surface area contributed by atoms with Crippen molar-refractivity contribution in [3.05, 3.63) is 195 Å². The van der Waals surface area contributed by atoms with Gasteiger partial charge in [-0.2, -0.15) is 0 Å². The molecule has 0 radical (unpaired) electrons. The first kappa shape index (κ1) is 31.0. The van der Waals surface area contributed by atoms with Gasteiger partial charge in [0, 0.05) is 41.3 Å². The lowest BCUT2D eigenvalue weighted by molar-refractivity contribution is 1.23. The van der Waals surface area contributed by atoms with Gasteiger partial charge in [-0.1, -0.05) is 121 Å². The van der Waals surface area contributed by atoms with Crippen molar-refractivity contribution in [2.75, 3.05) is 0 Å². The maximum atomic E-state index is 5.33. The summed E-state index contributed by atoms with van der Waals surface area (Å²) in [7, 11) is 0. The van der Waals surface area contributed by atoms with Crippen LogP contribution in [0.5, 0.6) is 0 Å². The monoisotopic (exact) mass is 664 g/mol. The van der Waals surface area contributed by atoms with Gasteiger partial charge in [-0.15, -0.1) is 0 Å². The van der Waals surface area contributed by atoms with E-state index in [0.717, 1.165) is 83.4 Å². The summed E-state index contributed by atoms with van der Waals surface area (Å²) in [6, 6.07) is 59.6. The Hall–Kier alpha value is -7.04. The summed E-state index contributed by atoms with van der Waals surface area (Å²) in [5, 5.41) is 1.02. The van der Waals surface area contributed by atoms with E-state index in [1.807, 2.05) is 48.9 Å². The first-order chi connectivity index (χ1) is 25.7. The summed E-state index contributed by atoms with van der Waals surface area (Å²) >= 11 is 0. The van der Waals surface area contributed by atoms with Gasteiger partial charge in [0.2, 0.25) is 0 Å². The molecule has 4 nitrogen and oxygen atoms in total. The molecule has 0 N–H and O–H groups in total. The van der Waals surface area contributed by atoms with Crippen LogP contribution in [0.1, 0.15) is 0 Å². The molecule has 0 saturated heterocycles. The molecule has 0 spiro atoms. The lowest BCUT2D eigenvalue weighted by atomic mass is 9.93. The van der Waals surface area contributed by atoms with Gasteiger partial charge in [0.1, 0.15) is 0 Å². The van der Waals surface area contributed by atoms with Crippen LogP contribution in [0.3, 0.4) is 0 Å². The van der Waals surface area contributed by atoms with E-state index in [4.69, 9.17) is 9.97 Å². The highest BCUT2D eigenvalue weighted by Crippen LogP contribution is 2.37. The van der Waals surface area contributed by atoms with E-state index in [2.05, 4.69) is 149 Å². The van der Waals surface area contributed by atoms with Crippen LogP contribution in [0.2, 0.25) is 0 Å². The molecule has 6 aromatic carbocycles. The summed E-state index contributed by atoms with van der Waals surface area (Å²) in [6.45, 7) is 0. The minimum Gasteiger partial charge on any atom is -0.265 e. The van der Waals surface area contributed by atoms with Gasteiger partial charge in [0.15, 0.2) is 5.82 Å². The molecule has 3 aromatic heterocycles. The third kappa shape index (κ3) is 6.26. The normalized spacial score (nSPS) is 11.1. The molecule has 0 fully saturated rings. The van der Waals surface area contributed by atoms with Crippen molar-refractivity contribution in [2.24, 2.45) is 0 Å². The lowest BCUT2D eigenvalue weighted by Crippen LogP contribution is -1.97. The molecular formula is C48H32N4. The predicted molar refractivity (Wildman–Crippen MR) is 213 cm³/mol. The highest BCUT2D eigenvalue weighted by Gasteiger charge is 2.15. The largest absolute Gasteiger partial charge is 0.265 e. The van der Waals surface area contributed by atoms with Gasteiger partial charge in [0.05, 0.1) is 11.2 Å². The van der Waals surface area contributed by atoms with E-state index in [9.17, 15) is 0 Å². The van der Waals surface area contributed by atoms with Crippen LogP contribution in [-0.2, 0) is 0 Å². The number of pyridine rings is 2. The van der Waals surface area contributed by atoms with Crippen LogP contribution in [0.25, 0.3) is 89.2 Å². The van der Waals surface area contributed by atoms with Crippen molar-refractivity contribution in [3.63, 3.8) is 0 Å². The fourth-order valence-corrected chi connectivity index (χ4v) is 6.76. The number of benzene rings is 6. The second-order valence-corrected chi connectivity index (χ2v) is 12.8. The Morgan fingerprint density at radius 1 is 0.288 bits per heavy atom. The standard InChI is InChI=1S/C48H32N4/c1-3-8-33(9-4-1)40-21-22-46-45(31-40)47(39-10-5-2-6-11-39)52-48(51-46)44-29-42(36-17-13-34(14-18-36)38-23-26-49-27-24-38)28-43(30-44)37-19-15-35(16-20-37)41-12-7-25-50-32-41/h1-32H. The molecule has 0 aliphatic rings. The molecular weight excluding hydrogens is 633 g/mol. The van der Waals surface area contributed by atoms with Crippen LogP contribution in [-0.4, -0.2) is 19.9 Å². The molecule has 9 aromatic rings. The van der Waals surface area contributed by atoms with E-state index in [-0.39, 0.29) is 0 Å². The first-order valence-corrected chi connectivity index (χ1v) is 17.3. The molecule has 0 aliphatic heterocycles. The minimum absolute atomic E-state index is 0.683. The van der Waals surface area contributed by atoms with Crippen LogP contribution >= 0.6 is 0 Å². The number of hydrogen-bond acceptors (Lipinski definition) is 4. The van der Waals surface area contributed by atoms with Crippen molar-refractivity contribution >= 4 is 10.9 Å². The van der Waals surface area contributed by atoms with Crippen molar-refractivity contribution in [1.29, 1.82) is 0 Å². The maximum absolute atomic E-state index is 5.33. The molecule has 244 valence electrons. The van der Waals surface area contributed by atoms with Crippen molar-refractivity contribution in [3.8, 4) is 78.3 Å². The topological polar surface area (TPSA) is 51.6 Å². The van der Waals surface area contributed by atoms with Crippen LogP contribution < -0.4 is 0 Å². The van der Waals surface area contributed by atoms with Gasteiger partial charge >= 0.3 is 0 Å². The molecule has 9 rings (SSSR count). The number of rotatable bonds is 7. The Labute approximate surface area is 302 Å². The summed E-state index contributed by atoms with van der Waals surface area (Å²) in [6.07, 6.45) is 7.35. The smallest absolute Gasteiger partial charge is 0.160 e. The van der Waals surface area contributed by atoms with Crippen molar-refractivity contribution in [1.82, 2.24) is 19.9 Å². The zero-order valence-corrected chi connectivity index (χ0v) is 28.3. The van der Waals surface area contributed by atoms with E-state index in [0.29, 0.717) is 5.82 Å². The third-order valence-corrected chi connectivity index (χ3v) is 9.49. The zero-order valence-electron chi connectivity index (χ0n) is 28.3. The highest BCUT2D eigenvalue weighted by atomic mass is 14.9. The fraction of sp³-hybridized carbons (Fsp3) is 0. The molecule has 4 heteroatoms. The zero-order chi connectivity index (χ0) is 34.7. The Balaban J connectivity index is 1.20. The summed E-state index contributed by atoms with van der Waals surface area (Å²) in [5.41, 5.74) is 15.0. The molecule has 0 saturated carbocycles. The van der Waals surface area contributed by atoms with Gasteiger partial charge in [-0.05, 0) is 104 Å². The molecule has 0 atom stereocenters. The molecule has 0 unspecified atom stereocenters. The molecule has 3 heterocycles. The molecule has 0 aliphatic carbocycles. The Kier molecular flexibility index (Phi) is 8.16. The summed E-state index contributed by atoms with van der Waals surface area (Å²) < 4.78 is 0. The third-order valence-electron chi connectivity index (χ3n) is 9.49. The van der Waals surface area contributed by atoms with E-state index < -0.39 is 0 Å². The summed E-state index contributed by atoms with van der Waals surface area (Å²) in [5.74, 6) is 0.683. The molecule has 0 amide bonds. The molecule has 52 heavy (non-hydrogen) atoms. The fourth-order valence-electron chi connectivity index (χ4n) is 6.76.